The van der Waals surface area contributed by atoms with Gasteiger partial charge in [0.2, 0.25) is 0 Å². The molecule has 1 aliphatic rings. The molecule has 2 unspecified atom stereocenters. The first kappa shape index (κ1) is 9.14. The second-order valence-corrected chi connectivity index (χ2v) is 4.93. The zero-order chi connectivity index (χ0) is 8.32. The molecule has 1 aliphatic heterocycles. The summed E-state index contributed by atoms with van der Waals surface area (Å²) >= 11 is 1.89. The van der Waals surface area contributed by atoms with Gasteiger partial charge in [0.1, 0.15) is 0 Å². The van der Waals surface area contributed by atoms with E-state index in [1.54, 1.807) is 6.08 Å². The van der Waals surface area contributed by atoms with Crippen molar-refractivity contribution in [3.8, 4) is 0 Å². The number of rotatable bonds is 3. The first-order valence-electron chi connectivity index (χ1n) is 4.12. The summed E-state index contributed by atoms with van der Waals surface area (Å²) < 4.78 is 0.105. The Labute approximate surface area is 72.9 Å². The highest BCUT2D eigenvalue weighted by Gasteiger charge is 2.35. The first-order valence-corrected chi connectivity index (χ1v) is 5.10. The van der Waals surface area contributed by atoms with E-state index in [2.05, 4.69) is 13.5 Å². The molecule has 64 valence electrons. The molecule has 0 amide bonds. The summed E-state index contributed by atoms with van der Waals surface area (Å²) in [5, 5.41) is 9.72. The van der Waals surface area contributed by atoms with E-state index in [1.165, 1.54) is 12.2 Å². The van der Waals surface area contributed by atoms with Gasteiger partial charge in [0, 0.05) is 4.75 Å². The number of thioether (sulfide) groups is 1. The van der Waals surface area contributed by atoms with Gasteiger partial charge >= 0.3 is 0 Å². The average Bonchev–Trinajstić information content (AvgIpc) is 2.38. The van der Waals surface area contributed by atoms with Crippen molar-refractivity contribution in [1.29, 1.82) is 0 Å². The van der Waals surface area contributed by atoms with Crippen LogP contribution in [0, 0.1) is 0 Å². The van der Waals surface area contributed by atoms with Crippen molar-refractivity contribution >= 4 is 11.8 Å². The van der Waals surface area contributed by atoms with Crippen LogP contribution in [0.15, 0.2) is 12.7 Å². The Kier molecular flexibility index (Phi) is 3.02. The molecule has 2 atom stereocenters. The van der Waals surface area contributed by atoms with Crippen LogP contribution in [-0.4, -0.2) is 21.7 Å². The smallest absolute Gasteiger partial charge is 0.0718 e. The van der Waals surface area contributed by atoms with Crippen molar-refractivity contribution in [2.75, 3.05) is 5.75 Å². The highest BCUT2D eigenvalue weighted by atomic mass is 32.2. The molecule has 1 fully saturated rings. The third-order valence-corrected chi connectivity index (χ3v) is 3.97. The van der Waals surface area contributed by atoms with E-state index in [9.17, 15) is 5.11 Å². The molecule has 0 aliphatic carbocycles. The molecule has 1 saturated heterocycles. The van der Waals surface area contributed by atoms with Crippen LogP contribution in [-0.2, 0) is 0 Å². The minimum Gasteiger partial charge on any atom is -0.391 e. The molecular formula is C9H16OS. The van der Waals surface area contributed by atoms with Crippen molar-refractivity contribution in [3.63, 3.8) is 0 Å². The fraction of sp³-hybridized carbons (Fsp3) is 0.778. The lowest BCUT2D eigenvalue weighted by Crippen LogP contribution is -2.32. The minimum atomic E-state index is -0.201. The molecule has 2 heteroatoms. The second kappa shape index (κ2) is 3.63. The summed E-state index contributed by atoms with van der Waals surface area (Å²) in [6, 6.07) is 0. The second-order valence-electron chi connectivity index (χ2n) is 3.30. The van der Waals surface area contributed by atoms with Gasteiger partial charge in [-0.15, -0.1) is 6.58 Å². The normalized spacial score (nSPS) is 33.6. The summed E-state index contributed by atoms with van der Waals surface area (Å²) in [4.78, 5) is 0. The molecule has 11 heavy (non-hydrogen) atoms. The summed E-state index contributed by atoms with van der Waals surface area (Å²) in [6.07, 6.45) is 4.72. The van der Waals surface area contributed by atoms with Crippen LogP contribution in [0.3, 0.4) is 0 Å². The summed E-state index contributed by atoms with van der Waals surface area (Å²) in [5.74, 6) is 1.20. The molecule has 0 spiro atoms. The van der Waals surface area contributed by atoms with Crippen molar-refractivity contribution in [2.45, 2.75) is 37.0 Å². The molecule has 0 bridgehead atoms. The molecule has 1 heterocycles. The maximum atomic E-state index is 9.72. The Morgan fingerprint density at radius 2 is 2.55 bits per heavy atom. The van der Waals surface area contributed by atoms with Crippen LogP contribution in [0.25, 0.3) is 0 Å². The van der Waals surface area contributed by atoms with Crippen LogP contribution < -0.4 is 0 Å². The lowest BCUT2D eigenvalue weighted by Gasteiger charge is -2.28. The summed E-state index contributed by atoms with van der Waals surface area (Å²) in [5.41, 5.74) is 0. The SMILES string of the molecule is C=CCC(O)C1(C)CCCS1. The molecule has 1 N–H and O–H groups in total. The maximum absolute atomic E-state index is 9.72. The molecule has 0 aromatic carbocycles. The monoisotopic (exact) mass is 172 g/mol. The molecule has 0 saturated carbocycles. The molecule has 0 radical (unpaired) electrons. The number of hydrogen-bond donors (Lipinski definition) is 1. The van der Waals surface area contributed by atoms with Crippen LogP contribution in [0.4, 0.5) is 0 Å². The van der Waals surface area contributed by atoms with Crippen LogP contribution in [0.5, 0.6) is 0 Å². The lowest BCUT2D eigenvalue weighted by molar-refractivity contribution is 0.136. The van der Waals surface area contributed by atoms with E-state index < -0.39 is 0 Å². The molecule has 0 aromatic rings. The van der Waals surface area contributed by atoms with Crippen molar-refractivity contribution < 1.29 is 5.11 Å². The van der Waals surface area contributed by atoms with Gasteiger partial charge < -0.3 is 5.11 Å². The van der Waals surface area contributed by atoms with E-state index in [0.717, 1.165) is 12.8 Å². The number of aliphatic hydroxyl groups excluding tert-OH is 1. The Hall–Kier alpha value is 0.0500. The molecule has 0 aromatic heterocycles. The third kappa shape index (κ3) is 2.00. The Morgan fingerprint density at radius 3 is 3.00 bits per heavy atom. The highest BCUT2D eigenvalue weighted by Crippen LogP contribution is 2.41. The maximum Gasteiger partial charge on any atom is 0.0718 e. The predicted molar refractivity (Wildman–Crippen MR) is 50.9 cm³/mol. The van der Waals surface area contributed by atoms with Gasteiger partial charge in [-0.05, 0) is 31.9 Å². The Bertz CT molecular complexity index is 138. The summed E-state index contributed by atoms with van der Waals surface area (Å²) in [7, 11) is 0. The van der Waals surface area contributed by atoms with E-state index in [4.69, 9.17) is 0 Å². The van der Waals surface area contributed by atoms with Crippen LogP contribution in [0.1, 0.15) is 26.2 Å². The topological polar surface area (TPSA) is 20.2 Å². The predicted octanol–water partition coefficient (Wildman–Crippen LogP) is 2.21. The Balaban J connectivity index is 2.48. The minimum absolute atomic E-state index is 0.105. The zero-order valence-electron chi connectivity index (χ0n) is 7.05. The van der Waals surface area contributed by atoms with Gasteiger partial charge in [0.25, 0.3) is 0 Å². The van der Waals surface area contributed by atoms with Gasteiger partial charge in [-0.2, -0.15) is 11.8 Å². The molecular weight excluding hydrogens is 156 g/mol. The Morgan fingerprint density at radius 1 is 1.82 bits per heavy atom. The van der Waals surface area contributed by atoms with Crippen molar-refractivity contribution in [1.82, 2.24) is 0 Å². The van der Waals surface area contributed by atoms with E-state index in [1.807, 2.05) is 11.8 Å². The third-order valence-electron chi connectivity index (χ3n) is 2.34. The quantitative estimate of drug-likeness (QED) is 0.659. The number of hydrogen-bond acceptors (Lipinski definition) is 2. The van der Waals surface area contributed by atoms with Gasteiger partial charge in [-0.1, -0.05) is 6.08 Å². The molecule has 1 nitrogen and oxygen atoms in total. The fourth-order valence-corrected chi connectivity index (χ4v) is 2.80. The van der Waals surface area contributed by atoms with E-state index in [0.29, 0.717) is 0 Å². The van der Waals surface area contributed by atoms with Gasteiger partial charge in [-0.3, -0.25) is 0 Å². The highest BCUT2D eigenvalue weighted by molar-refractivity contribution is 8.00. The summed E-state index contributed by atoms with van der Waals surface area (Å²) in [6.45, 7) is 5.79. The zero-order valence-corrected chi connectivity index (χ0v) is 7.86. The first-order chi connectivity index (χ1) is 5.19. The fourth-order valence-electron chi connectivity index (χ4n) is 1.47. The van der Waals surface area contributed by atoms with Gasteiger partial charge in [0.05, 0.1) is 6.10 Å². The number of aliphatic hydroxyl groups is 1. The molecule has 1 rings (SSSR count). The lowest BCUT2D eigenvalue weighted by atomic mass is 9.96. The van der Waals surface area contributed by atoms with Gasteiger partial charge in [0.15, 0.2) is 0 Å². The van der Waals surface area contributed by atoms with Crippen molar-refractivity contribution in [3.05, 3.63) is 12.7 Å². The van der Waals surface area contributed by atoms with Crippen molar-refractivity contribution in [2.24, 2.45) is 0 Å². The standard InChI is InChI=1S/C9H16OS/c1-3-5-8(10)9(2)6-4-7-11-9/h3,8,10H,1,4-7H2,2H3. The average molecular weight is 172 g/mol. The van der Waals surface area contributed by atoms with E-state index in [-0.39, 0.29) is 10.9 Å². The van der Waals surface area contributed by atoms with Crippen LogP contribution >= 0.6 is 11.8 Å². The van der Waals surface area contributed by atoms with Gasteiger partial charge in [-0.25, -0.2) is 0 Å². The largest absolute Gasteiger partial charge is 0.391 e. The van der Waals surface area contributed by atoms with Crippen LogP contribution in [0.2, 0.25) is 0 Å². The van der Waals surface area contributed by atoms with E-state index >= 15 is 0 Å².